The van der Waals surface area contributed by atoms with Gasteiger partial charge >= 0.3 is 5.56 Å². The zero-order chi connectivity index (χ0) is 20.8. The maximum Gasteiger partial charge on any atom is 0.406 e. The minimum Gasteiger partial charge on any atom is -0.855 e. The molecule has 0 radical (unpaired) electrons. The lowest BCUT2D eigenvalue weighted by atomic mass is 10.3. The highest BCUT2D eigenvalue weighted by Gasteiger charge is 2.23. The average molecular weight is 393 g/mol. The zero-order valence-corrected chi connectivity index (χ0v) is 16.0. The second kappa shape index (κ2) is 8.75. The minimum absolute atomic E-state index is 0.113. The molecule has 0 amide bonds. The van der Waals surface area contributed by atoms with Gasteiger partial charge in [-0.05, 0) is 24.3 Å². The topological polar surface area (TPSA) is 119 Å². The van der Waals surface area contributed by atoms with E-state index in [0.717, 1.165) is 0 Å². The molecule has 9 nitrogen and oxygen atoms in total. The van der Waals surface area contributed by atoms with Crippen LogP contribution in [0.15, 0.2) is 58.3 Å². The van der Waals surface area contributed by atoms with Crippen LogP contribution in [0.25, 0.3) is 5.69 Å². The Kier molecular flexibility index (Phi) is 5.94. The van der Waals surface area contributed by atoms with Crippen molar-refractivity contribution in [3.8, 4) is 23.3 Å². The number of hydrogen-bond donors (Lipinski definition) is 1. The molecular formula is C20H19N5O4. The molecule has 0 aliphatic heterocycles. The van der Waals surface area contributed by atoms with Gasteiger partial charge in [-0.3, -0.25) is 4.99 Å². The lowest BCUT2D eigenvalue weighted by Gasteiger charge is -2.07. The van der Waals surface area contributed by atoms with Gasteiger partial charge in [0.2, 0.25) is 5.69 Å². The fourth-order valence-corrected chi connectivity index (χ4v) is 2.74. The molecule has 0 bridgehead atoms. The summed E-state index contributed by atoms with van der Waals surface area (Å²) in [6.07, 6.45) is 0.113. The summed E-state index contributed by atoms with van der Waals surface area (Å²) in [5.74, 6) is 0.375. The molecule has 9 heteroatoms. The number of aromatic nitrogens is 3. The lowest BCUT2D eigenvalue weighted by Crippen LogP contribution is -2.46. The Morgan fingerprint density at radius 1 is 1.21 bits per heavy atom. The first-order chi connectivity index (χ1) is 14.1. The number of nitrogens with one attached hydrogen (secondary N) is 1. The summed E-state index contributed by atoms with van der Waals surface area (Å²) in [4.78, 5) is 17.0. The first-order valence-electron chi connectivity index (χ1n) is 8.73. The Labute approximate surface area is 166 Å². The average Bonchev–Trinajstić information content (AvgIpc) is 3.08. The zero-order valence-electron chi connectivity index (χ0n) is 16.0. The van der Waals surface area contributed by atoms with E-state index >= 15 is 0 Å². The number of benzene rings is 2. The second-order valence-electron chi connectivity index (χ2n) is 5.97. The number of aliphatic imine (C=N–C) groups is 1. The highest BCUT2D eigenvalue weighted by atomic mass is 16.5. The van der Waals surface area contributed by atoms with E-state index in [1.165, 1.54) is 23.6 Å². The smallest absolute Gasteiger partial charge is 0.406 e. The molecular weight excluding hydrogens is 374 g/mol. The van der Waals surface area contributed by atoms with Crippen molar-refractivity contribution in [2.24, 2.45) is 4.99 Å². The second-order valence-corrected chi connectivity index (χ2v) is 5.97. The van der Waals surface area contributed by atoms with Crippen molar-refractivity contribution in [1.29, 1.82) is 5.26 Å². The Morgan fingerprint density at radius 2 is 1.90 bits per heavy atom. The normalized spacial score (nSPS) is 11.1. The van der Waals surface area contributed by atoms with Crippen LogP contribution in [0, 0.1) is 11.3 Å². The molecule has 29 heavy (non-hydrogen) atoms. The molecule has 0 saturated heterocycles. The Balaban J connectivity index is 2.11. The van der Waals surface area contributed by atoms with E-state index in [1.807, 2.05) is 6.07 Å². The summed E-state index contributed by atoms with van der Waals surface area (Å²) in [5.41, 5.74) is 0.0916. The van der Waals surface area contributed by atoms with E-state index in [1.54, 1.807) is 48.5 Å². The van der Waals surface area contributed by atoms with Crippen LogP contribution in [0.3, 0.4) is 0 Å². The van der Waals surface area contributed by atoms with Crippen LogP contribution < -0.4 is 24.8 Å². The van der Waals surface area contributed by atoms with Crippen LogP contribution in [0.5, 0.6) is 11.5 Å². The number of ether oxygens (including phenoxy) is 2. The minimum atomic E-state index is -0.723. The molecule has 1 aromatic heterocycles. The van der Waals surface area contributed by atoms with E-state index in [0.29, 0.717) is 22.9 Å². The van der Waals surface area contributed by atoms with Gasteiger partial charge in [0.05, 0.1) is 32.4 Å². The van der Waals surface area contributed by atoms with Gasteiger partial charge in [-0.15, -0.1) is 0 Å². The predicted molar refractivity (Wildman–Crippen MR) is 103 cm³/mol. The number of aryl methyl sites for hydroxylation is 1. The lowest BCUT2D eigenvalue weighted by molar-refractivity contribution is -0.756. The van der Waals surface area contributed by atoms with Crippen molar-refractivity contribution in [3.05, 3.63) is 64.6 Å². The summed E-state index contributed by atoms with van der Waals surface area (Å²) in [6.45, 7) is 0.136. The Bertz CT molecular complexity index is 1140. The maximum atomic E-state index is 13.0. The monoisotopic (exact) mass is 393 g/mol. The quantitative estimate of drug-likeness (QED) is 0.362. The van der Waals surface area contributed by atoms with Gasteiger partial charge in [0.25, 0.3) is 0 Å². The van der Waals surface area contributed by atoms with Crippen molar-refractivity contribution in [2.75, 3.05) is 14.2 Å². The molecule has 148 valence electrons. The van der Waals surface area contributed by atoms with Crippen LogP contribution in [-0.4, -0.2) is 30.0 Å². The van der Waals surface area contributed by atoms with Crippen LogP contribution in [-0.2, 0) is 6.54 Å². The Morgan fingerprint density at radius 3 is 2.59 bits per heavy atom. The summed E-state index contributed by atoms with van der Waals surface area (Å²) in [6, 6.07) is 15.5. The predicted octanol–water partition coefficient (Wildman–Crippen LogP) is 0.823. The molecule has 0 aliphatic rings. The number of aromatic amines is 1. The molecule has 2 aromatic carbocycles. The third-order valence-corrected chi connectivity index (χ3v) is 4.14. The molecule has 0 aliphatic carbocycles. The first-order valence-corrected chi connectivity index (χ1v) is 8.73. The van der Waals surface area contributed by atoms with E-state index < -0.39 is 11.5 Å². The van der Waals surface area contributed by atoms with Gasteiger partial charge in [0, 0.05) is 18.0 Å². The molecule has 3 rings (SSSR count). The number of hydrogen-bond acceptors (Lipinski definition) is 6. The SMILES string of the molecule is COc1cccc(N=C([O-])c2c(=O)n(-c3cccc(OC)c3)[nH][n+]2CCC#N)c1. The third-order valence-electron chi connectivity index (χ3n) is 4.14. The van der Waals surface area contributed by atoms with Crippen LogP contribution in [0.4, 0.5) is 5.69 Å². The fraction of sp³-hybridized carbons (Fsp3) is 0.200. The fourth-order valence-electron chi connectivity index (χ4n) is 2.74. The van der Waals surface area contributed by atoms with E-state index in [-0.39, 0.29) is 18.7 Å². The van der Waals surface area contributed by atoms with Crippen molar-refractivity contribution < 1.29 is 19.3 Å². The number of nitriles is 1. The summed E-state index contributed by atoms with van der Waals surface area (Å²) in [5, 5.41) is 24.6. The maximum absolute atomic E-state index is 13.0. The van der Waals surface area contributed by atoms with Crippen molar-refractivity contribution in [3.63, 3.8) is 0 Å². The molecule has 1 N–H and O–H groups in total. The summed E-state index contributed by atoms with van der Waals surface area (Å²) in [7, 11) is 3.03. The number of H-pyrrole nitrogens is 1. The van der Waals surface area contributed by atoms with Gasteiger partial charge in [0.1, 0.15) is 18.0 Å². The molecule has 0 saturated carbocycles. The number of nitrogens with zero attached hydrogens (tertiary/aromatic N) is 4. The molecule has 0 atom stereocenters. The first kappa shape index (κ1) is 19.7. The van der Waals surface area contributed by atoms with Crippen LogP contribution >= 0.6 is 0 Å². The van der Waals surface area contributed by atoms with Crippen molar-refractivity contribution in [1.82, 2.24) is 9.90 Å². The van der Waals surface area contributed by atoms with Gasteiger partial charge < -0.3 is 14.6 Å². The van der Waals surface area contributed by atoms with Crippen LogP contribution in [0.2, 0.25) is 0 Å². The van der Waals surface area contributed by atoms with E-state index in [4.69, 9.17) is 14.7 Å². The van der Waals surface area contributed by atoms with E-state index in [9.17, 15) is 9.90 Å². The number of rotatable bonds is 7. The van der Waals surface area contributed by atoms with Crippen molar-refractivity contribution in [2.45, 2.75) is 13.0 Å². The molecule has 0 unspecified atom stereocenters. The van der Waals surface area contributed by atoms with Gasteiger partial charge in [-0.1, -0.05) is 22.0 Å². The highest BCUT2D eigenvalue weighted by Crippen LogP contribution is 2.19. The summed E-state index contributed by atoms with van der Waals surface area (Å²) < 4.78 is 12.9. The molecule has 1 heterocycles. The third kappa shape index (κ3) is 4.27. The standard InChI is InChI=1S/C20H19N5O4/c1-28-16-8-3-6-14(12-16)22-19(26)18-20(27)25(23-24(18)11-5-10-21)15-7-4-9-17(13-15)29-2/h3-4,6-9,12-13H,5,11H2,1-2H3,(H-,22,23,26,27). The van der Waals surface area contributed by atoms with E-state index in [2.05, 4.69) is 10.2 Å². The van der Waals surface area contributed by atoms with Crippen LogP contribution in [0.1, 0.15) is 12.1 Å². The molecule has 0 spiro atoms. The number of methoxy groups -OCH3 is 2. The van der Waals surface area contributed by atoms with Gasteiger partial charge in [-0.2, -0.15) is 9.94 Å². The molecule has 3 aromatic rings. The Hall–Kier alpha value is -4.06. The highest BCUT2D eigenvalue weighted by molar-refractivity contribution is 5.88. The van der Waals surface area contributed by atoms with Gasteiger partial charge in [0.15, 0.2) is 5.69 Å². The summed E-state index contributed by atoms with van der Waals surface area (Å²) >= 11 is 0. The van der Waals surface area contributed by atoms with Crippen molar-refractivity contribution >= 4 is 11.6 Å². The largest absolute Gasteiger partial charge is 0.855 e. The van der Waals surface area contributed by atoms with Gasteiger partial charge in [-0.25, -0.2) is 4.79 Å². The molecule has 0 fully saturated rings.